The number of aryl methyl sites for hydroxylation is 1. The van der Waals surface area contributed by atoms with E-state index < -0.39 is 34.9 Å². The maximum atomic E-state index is 14.1. The van der Waals surface area contributed by atoms with Gasteiger partial charge in [0.15, 0.2) is 17.2 Å². The third-order valence-corrected chi connectivity index (χ3v) is 5.73. The number of ketones is 1. The molecule has 3 heterocycles. The Kier molecular flexibility index (Phi) is 5.25. The second kappa shape index (κ2) is 7.73. The van der Waals surface area contributed by atoms with Crippen LogP contribution in [0, 0.1) is 5.82 Å². The van der Waals surface area contributed by atoms with Crippen molar-refractivity contribution in [2.24, 2.45) is 0 Å². The molecule has 10 heteroatoms. The monoisotopic (exact) mass is 435 g/mol. The number of aromatic hydroxyl groups is 1. The molecule has 1 atom stereocenters. The van der Waals surface area contributed by atoms with Crippen LogP contribution < -0.4 is 10.4 Å². The number of morpholine rings is 1. The molecule has 2 aromatic rings. The van der Waals surface area contributed by atoms with Crippen LogP contribution in [0.2, 0.25) is 5.02 Å². The molecule has 0 aliphatic carbocycles. The van der Waals surface area contributed by atoms with Crippen LogP contribution >= 0.6 is 11.6 Å². The molecular formula is C20H19ClFN3O5. The van der Waals surface area contributed by atoms with Crippen molar-refractivity contribution in [1.29, 1.82) is 0 Å². The van der Waals surface area contributed by atoms with Crippen LogP contribution in [0.1, 0.15) is 32.8 Å². The number of carbonyl (C=O) groups is 2. The minimum atomic E-state index is -0.925. The number of carbonyl (C=O) groups excluding carboxylic acids is 2. The average molecular weight is 436 g/mol. The van der Waals surface area contributed by atoms with Gasteiger partial charge in [0.25, 0.3) is 5.91 Å². The predicted molar refractivity (Wildman–Crippen MR) is 106 cm³/mol. The van der Waals surface area contributed by atoms with Gasteiger partial charge >= 0.3 is 0 Å². The van der Waals surface area contributed by atoms with E-state index in [0.29, 0.717) is 13.2 Å². The lowest BCUT2D eigenvalue weighted by molar-refractivity contribution is 0.0121. The zero-order chi connectivity index (χ0) is 21.6. The molecule has 30 heavy (non-hydrogen) atoms. The number of pyridine rings is 1. The Morgan fingerprint density at radius 2 is 2.13 bits per heavy atom. The number of likely N-dealkylation sites (N-methyl/N-ethyl adjacent to an activating group) is 1. The number of rotatable bonds is 4. The first-order valence-corrected chi connectivity index (χ1v) is 9.75. The minimum Gasteiger partial charge on any atom is -0.502 e. The maximum absolute atomic E-state index is 14.1. The Morgan fingerprint density at radius 3 is 2.90 bits per heavy atom. The lowest BCUT2D eigenvalue weighted by Gasteiger charge is -2.47. The van der Waals surface area contributed by atoms with Crippen molar-refractivity contribution < 1.29 is 23.8 Å². The molecule has 0 unspecified atom stereocenters. The second-order valence-corrected chi connectivity index (χ2v) is 7.59. The van der Waals surface area contributed by atoms with E-state index in [-0.39, 0.29) is 41.3 Å². The third-order valence-electron chi connectivity index (χ3n) is 5.44. The van der Waals surface area contributed by atoms with E-state index in [1.165, 1.54) is 27.9 Å². The Balaban J connectivity index is 1.69. The normalized spacial score (nSPS) is 18.2. The van der Waals surface area contributed by atoms with Gasteiger partial charge in [0.1, 0.15) is 12.0 Å². The van der Waals surface area contributed by atoms with Gasteiger partial charge in [-0.3, -0.25) is 24.1 Å². The largest absolute Gasteiger partial charge is 0.502 e. The molecule has 8 nitrogen and oxygen atoms in total. The SMILES string of the molecule is CN1C(=O)c2c(O)c(=O)c(C(=O)CCc3cccc(Cl)c3F)cn2N2CCOC[C@@H]12. The second-order valence-electron chi connectivity index (χ2n) is 7.18. The predicted octanol–water partition coefficient (Wildman–Crippen LogP) is 1.54. The number of nitrogens with zero attached hydrogens (tertiary/aromatic N) is 3. The van der Waals surface area contributed by atoms with Crippen LogP contribution in [0.4, 0.5) is 4.39 Å². The molecular weight excluding hydrogens is 417 g/mol. The Morgan fingerprint density at radius 1 is 1.37 bits per heavy atom. The number of Topliss-reactive ketones (excluding diaryl/α,β-unsaturated/α-hetero) is 1. The summed E-state index contributed by atoms with van der Waals surface area (Å²) in [5.41, 5.74) is -1.13. The summed E-state index contributed by atoms with van der Waals surface area (Å²) in [5.74, 6) is -2.50. The molecule has 1 amide bonds. The first-order valence-electron chi connectivity index (χ1n) is 9.37. The van der Waals surface area contributed by atoms with Gasteiger partial charge in [-0.2, -0.15) is 0 Å². The summed E-state index contributed by atoms with van der Waals surface area (Å²) < 4.78 is 20.9. The fourth-order valence-electron chi connectivity index (χ4n) is 3.76. The van der Waals surface area contributed by atoms with Crippen LogP contribution in [-0.2, 0) is 11.2 Å². The number of hydrogen-bond acceptors (Lipinski definition) is 6. The summed E-state index contributed by atoms with van der Waals surface area (Å²) in [6, 6.07) is 4.49. The van der Waals surface area contributed by atoms with Gasteiger partial charge in [0.05, 0.1) is 30.3 Å². The van der Waals surface area contributed by atoms with Crippen molar-refractivity contribution >= 4 is 23.3 Å². The highest BCUT2D eigenvalue weighted by Gasteiger charge is 2.40. The maximum Gasteiger partial charge on any atom is 0.277 e. The summed E-state index contributed by atoms with van der Waals surface area (Å²) in [6.45, 7) is 1.05. The number of amides is 1. The smallest absolute Gasteiger partial charge is 0.277 e. The van der Waals surface area contributed by atoms with Crippen molar-refractivity contribution in [1.82, 2.24) is 9.58 Å². The molecule has 2 aliphatic heterocycles. The minimum absolute atomic E-state index is 0.0367. The Bertz CT molecular complexity index is 1100. The molecule has 1 saturated heterocycles. The Labute approximate surface area is 176 Å². The van der Waals surface area contributed by atoms with Crippen LogP contribution in [-0.4, -0.2) is 59.3 Å². The highest BCUT2D eigenvalue weighted by Crippen LogP contribution is 2.26. The van der Waals surface area contributed by atoms with Crippen LogP contribution in [0.3, 0.4) is 0 Å². The number of halogens is 2. The van der Waals surface area contributed by atoms with Gasteiger partial charge in [0.2, 0.25) is 5.43 Å². The van der Waals surface area contributed by atoms with E-state index in [4.69, 9.17) is 16.3 Å². The molecule has 0 spiro atoms. The van der Waals surface area contributed by atoms with Crippen LogP contribution in [0.15, 0.2) is 29.2 Å². The van der Waals surface area contributed by atoms with E-state index in [1.807, 2.05) is 0 Å². The zero-order valence-corrected chi connectivity index (χ0v) is 16.9. The number of fused-ring (bicyclic) bond motifs is 3. The van der Waals surface area contributed by atoms with E-state index in [0.717, 1.165) is 0 Å². The number of ether oxygens (including phenoxy) is 1. The van der Waals surface area contributed by atoms with Crippen molar-refractivity contribution in [2.75, 3.05) is 31.8 Å². The number of benzene rings is 1. The van der Waals surface area contributed by atoms with Crippen molar-refractivity contribution in [3.63, 3.8) is 0 Å². The fourth-order valence-corrected chi connectivity index (χ4v) is 3.96. The van der Waals surface area contributed by atoms with Crippen molar-refractivity contribution in [3.05, 3.63) is 62.3 Å². The summed E-state index contributed by atoms with van der Waals surface area (Å²) in [7, 11) is 1.56. The van der Waals surface area contributed by atoms with Gasteiger partial charge in [-0.05, 0) is 18.1 Å². The molecule has 0 radical (unpaired) electrons. The van der Waals surface area contributed by atoms with Crippen LogP contribution in [0.5, 0.6) is 5.75 Å². The van der Waals surface area contributed by atoms with Gasteiger partial charge in [0, 0.05) is 19.7 Å². The molecule has 0 saturated carbocycles. The number of aromatic nitrogens is 1. The lowest BCUT2D eigenvalue weighted by atomic mass is 10.0. The standard InChI is InChI=1S/C20H19ClFN3O5/c1-23-15-10-30-8-7-24(15)25-9-12(18(27)19(28)17(25)20(23)29)14(26)6-5-11-3-2-4-13(21)16(11)22/h2-4,9,15,28H,5-8,10H2,1H3/t15-/m0/s1. The van der Waals surface area contributed by atoms with Crippen LogP contribution in [0.25, 0.3) is 0 Å². The number of hydrogen-bond donors (Lipinski definition) is 1. The van der Waals surface area contributed by atoms with Crippen molar-refractivity contribution in [2.45, 2.75) is 19.0 Å². The van der Waals surface area contributed by atoms with Gasteiger partial charge in [-0.25, -0.2) is 4.39 Å². The Hall–Kier alpha value is -2.91. The first kappa shape index (κ1) is 20.4. The highest BCUT2D eigenvalue weighted by atomic mass is 35.5. The molecule has 0 bridgehead atoms. The molecule has 1 fully saturated rings. The summed E-state index contributed by atoms with van der Waals surface area (Å²) >= 11 is 5.76. The van der Waals surface area contributed by atoms with Crippen molar-refractivity contribution in [3.8, 4) is 5.75 Å². The van der Waals surface area contributed by atoms with Gasteiger partial charge < -0.3 is 14.7 Å². The van der Waals surface area contributed by atoms with Gasteiger partial charge in [-0.1, -0.05) is 23.7 Å². The molecule has 2 aliphatic rings. The van der Waals surface area contributed by atoms with Gasteiger partial charge in [-0.15, -0.1) is 0 Å². The molecule has 1 N–H and O–H groups in total. The van der Waals surface area contributed by atoms with E-state index in [9.17, 15) is 23.9 Å². The third kappa shape index (κ3) is 3.23. The first-order chi connectivity index (χ1) is 14.3. The average Bonchev–Trinajstić information content (AvgIpc) is 2.74. The summed E-state index contributed by atoms with van der Waals surface area (Å²) in [5, 5.41) is 12.2. The topological polar surface area (TPSA) is 92.1 Å². The zero-order valence-electron chi connectivity index (χ0n) is 16.1. The quantitative estimate of drug-likeness (QED) is 0.732. The molecule has 158 valence electrons. The highest BCUT2D eigenvalue weighted by molar-refractivity contribution is 6.30. The fraction of sp³-hybridized carbons (Fsp3) is 0.350. The summed E-state index contributed by atoms with van der Waals surface area (Å²) in [6.07, 6.45) is 0.724. The molecule has 1 aromatic carbocycles. The van der Waals surface area contributed by atoms with E-state index >= 15 is 0 Å². The molecule has 1 aromatic heterocycles. The summed E-state index contributed by atoms with van der Waals surface area (Å²) in [4.78, 5) is 39.5. The van der Waals surface area contributed by atoms with E-state index in [1.54, 1.807) is 18.1 Å². The molecule has 4 rings (SSSR count). The van der Waals surface area contributed by atoms with E-state index in [2.05, 4.69) is 0 Å². The lowest BCUT2D eigenvalue weighted by Crippen LogP contribution is -2.64.